The van der Waals surface area contributed by atoms with E-state index in [-0.39, 0.29) is 24.0 Å². The number of hydrogen-bond donors (Lipinski definition) is 0. The van der Waals surface area contributed by atoms with Gasteiger partial charge in [0, 0.05) is 23.5 Å². The van der Waals surface area contributed by atoms with Crippen molar-refractivity contribution in [2.45, 2.75) is 17.2 Å². The van der Waals surface area contributed by atoms with Crippen LogP contribution in [0.5, 0.6) is 0 Å². The highest BCUT2D eigenvalue weighted by molar-refractivity contribution is 14.0. The van der Waals surface area contributed by atoms with Crippen LogP contribution in [-0.4, -0.2) is 17.4 Å². The van der Waals surface area contributed by atoms with Gasteiger partial charge in [0.2, 0.25) is 0 Å². The normalized spacial score (nSPS) is 15.5. The summed E-state index contributed by atoms with van der Waals surface area (Å²) >= 11 is 1.93. The van der Waals surface area contributed by atoms with Crippen molar-refractivity contribution in [2.75, 3.05) is 11.9 Å². The van der Waals surface area contributed by atoms with E-state index in [9.17, 15) is 0 Å². The van der Waals surface area contributed by atoms with Crippen LogP contribution in [0.1, 0.15) is 6.92 Å². The SMILES string of the molecule is CC1Sc2ccccc2N1C.I.c1ccc2ncccc2c1. The molecule has 1 aliphatic rings. The van der Waals surface area contributed by atoms with Crippen molar-refractivity contribution in [3.63, 3.8) is 0 Å². The molecule has 1 aliphatic heterocycles. The molecule has 0 saturated heterocycles. The number of para-hydroxylation sites is 2. The summed E-state index contributed by atoms with van der Waals surface area (Å²) in [5.41, 5.74) is 2.43. The minimum Gasteiger partial charge on any atom is -0.362 e. The highest BCUT2D eigenvalue weighted by Gasteiger charge is 2.22. The van der Waals surface area contributed by atoms with Gasteiger partial charge < -0.3 is 4.90 Å². The number of nitrogens with zero attached hydrogens (tertiary/aromatic N) is 2. The molecule has 0 bridgehead atoms. The van der Waals surface area contributed by atoms with Crippen LogP contribution in [0.3, 0.4) is 0 Å². The van der Waals surface area contributed by atoms with Crippen LogP contribution < -0.4 is 4.90 Å². The predicted molar refractivity (Wildman–Crippen MR) is 107 cm³/mol. The maximum absolute atomic E-state index is 4.18. The number of aromatic nitrogens is 1. The van der Waals surface area contributed by atoms with Crippen molar-refractivity contribution in [3.8, 4) is 0 Å². The Hall–Kier alpha value is -1.27. The van der Waals surface area contributed by atoms with Crippen LogP contribution in [0, 0.1) is 0 Å². The summed E-state index contributed by atoms with van der Waals surface area (Å²) < 4.78 is 0. The molecule has 1 unspecified atom stereocenters. The number of pyridine rings is 1. The van der Waals surface area contributed by atoms with E-state index in [1.807, 2.05) is 42.2 Å². The largest absolute Gasteiger partial charge is 0.362 e. The zero-order valence-corrected chi connectivity index (χ0v) is 15.8. The minimum absolute atomic E-state index is 0. The fraction of sp³-hybridized carbons (Fsp3) is 0.167. The van der Waals surface area contributed by atoms with E-state index in [0.29, 0.717) is 5.37 Å². The highest BCUT2D eigenvalue weighted by atomic mass is 127. The van der Waals surface area contributed by atoms with Crippen molar-refractivity contribution in [3.05, 3.63) is 66.9 Å². The second-order valence-corrected chi connectivity index (χ2v) is 6.35. The van der Waals surface area contributed by atoms with Gasteiger partial charge in [-0.25, -0.2) is 0 Å². The summed E-state index contributed by atoms with van der Waals surface area (Å²) in [5.74, 6) is 0. The molecule has 1 atom stereocenters. The number of halogens is 1. The quantitative estimate of drug-likeness (QED) is 0.450. The first-order chi connectivity index (χ1) is 10.3. The van der Waals surface area contributed by atoms with E-state index >= 15 is 0 Å². The molecule has 0 N–H and O–H groups in total. The zero-order chi connectivity index (χ0) is 14.7. The fourth-order valence-corrected chi connectivity index (χ4v) is 3.45. The molecule has 114 valence electrons. The number of fused-ring (bicyclic) bond motifs is 2. The number of anilines is 1. The Morgan fingerprint density at radius 2 is 1.64 bits per heavy atom. The second-order valence-electron chi connectivity index (χ2n) is 4.99. The summed E-state index contributed by atoms with van der Waals surface area (Å²) in [7, 11) is 2.14. The predicted octanol–water partition coefficient (Wildman–Crippen LogP) is 5.43. The molecular formula is C18H19IN2S. The van der Waals surface area contributed by atoms with Crippen molar-refractivity contribution < 1.29 is 0 Å². The van der Waals surface area contributed by atoms with E-state index in [2.05, 4.69) is 60.3 Å². The fourth-order valence-electron chi connectivity index (χ4n) is 2.32. The minimum atomic E-state index is 0. The molecule has 0 radical (unpaired) electrons. The Kier molecular flexibility index (Phi) is 6.08. The van der Waals surface area contributed by atoms with Crippen LogP contribution in [0.2, 0.25) is 0 Å². The van der Waals surface area contributed by atoms with Gasteiger partial charge in [0.1, 0.15) is 0 Å². The number of hydrogen-bond acceptors (Lipinski definition) is 3. The molecule has 3 aromatic rings. The molecular weight excluding hydrogens is 403 g/mol. The number of benzene rings is 2. The van der Waals surface area contributed by atoms with Gasteiger partial charge in [-0.05, 0) is 31.2 Å². The molecule has 2 nitrogen and oxygen atoms in total. The summed E-state index contributed by atoms with van der Waals surface area (Å²) in [6.45, 7) is 2.23. The lowest BCUT2D eigenvalue weighted by molar-refractivity contribution is 0.924. The van der Waals surface area contributed by atoms with Crippen LogP contribution in [0.4, 0.5) is 5.69 Å². The molecule has 2 heterocycles. The van der Waals surface area contributed by atoms with E-state index in [1.54, 1.807) is 0 Å². The summed E-state index contributed by atoms with van der Waals surface area (Å²) in [6, 6.07) is 20.6. The van der Waals surface area contributed by atoms with Crippen molar-refractivity contribution in [1.29, 1.82) is 0 Å². The molecule has 0 aliphatic carbocycles. The molecule has 0 fully saturated rings. The lowest BCUT2D eigenvalue weighted by Crippen LogP contribution is -2.20. The van der Waals surface area contributed by atoms with E-state index in [4.69, 9.17) is 0 Å². The Labute approximate surface area is 153 Å². The third-order valence-electron chi connectivity index (χ3n) is 3.60. The summed E-state index contributed by atoms with van der Waals surface area (Å²) in [5, 5.41) is 1.79. The first kappa shape index (κ1) is 17.1. The average Bonchev–Trinajstić information content (AvgIpc) is 2.83. The Morgan fingerprint density at radius 1 is 0.955 bits per heavy atom. The molecule has 0 amide bonds. The van der Waals surface area contributed by atoms with Crippen LogP contribution in [-0.2, 0) is 0 Å². The van der Waals surface area contributed by atoms with Gasteiger partial charge in [0.25, 0.3) is 0 Å². The molecule has 4 rings (SSSR count). The van der Waals surface area contributed by atoms with E-state index < -0.39 is 0 Å². The Balaban J connectivity index is 0.000000154. The lowest BCUT2D eigenvalue weighted by atomic mass is 10.2. The van der Waals surface area contributed by atoms with Crippen molar-refractivity contribution >= 4 is 52.3 Å². The van der Waals surface area contributed by atoms with Crippen molar-refractivity contribution in [1.82, 2.24) is 4.98 Å². The van der Waals surface area contributed by atoms with Crippen LogP contribution in [0.15, 0.2) is 71.8 Å². The van der Waals surface area contributed by atoms with Gasteiger partial charge in [0.15, 0.2) is 0 Å². The van der Waals surface area contributed by atoms with Gasteiger partial charge in [0.05, 0.1) is 16.6 Å². The molecule has 2 aromatic carbocycles. The lowest BCUT2D eigenvalue weighted by Gasteiger charge is -2.16. The smallest absolute Gasteiger partial charge is 0.0766 e. The summed E-state index contributed by atoms with van der Waals surface area (Å²) in [4.78, 5) is 7.89. The Morgan fingerprint density at radius 3 is 2.41 bits per heavy atom. The van der Waals surface area contributed by atoms with Crippen LogP contribution in [0.25, 0.3) is 10.9 Å². The summed E-state index contributed by atoms with van der Waals surface area (Å²) in [6.07, 6.45) is 1.81. The maximum atomic E-state index is 4.18. The molecule has 0 spiro atoms. The van der Waals surface area contributed by atoms with Gasteiger partial charge in [-0.1, -0.05) is 48.2 Å². The molecule has 4 heteroatoms. The highest BCUT2D eigenvalue weighted by Crippen LogP contribution is 2.41. The molecule has 22 heavy (non-hydrogen) atoms. The molecule has 0 saturated carbocycles. The number of thioether (sulfide) groups is 1. The van der Waals surface area contributed by atoms with E-state index in [0.717, 1.165) is 5.52 Å². The zero-order valence-electron chi connectivity index (χ0n) is 12.6. The number of rotatable bonds is 0. The third kappa shape index (κ3) is 3.73. The van der Waals surface area contributed by atoms with Gasteiger partial charge in [-0.3, -0.25) is 4.98 Å². The first-order valence-corrected chi connectivity index (χ1v) is 7.92. The topological polar surface area (TPSA) is 16.1 Å². The van der Waals surface area contributed by atoms with Gasteiger partial charge in [-0.2, -0.15) is 0 Å². The Bertz CT molecular complexity index is 682. The third-order valence-corrected chi connectivity index (χ3v) is 4.86. The van der Waals surface area contributed by atoms with E-state index in [1.165, 1.54) is 16.0 Å². The monoisotopic (exact) mass is 422 g/mol. The van der Waals surface area contributed by atoms with Gasteiger partial charge >= 0.3 is 0 Å². The second kappa shape index (κ2) is 7.83. The molecule has 1 aromatic heterocycles. The maximum Gasteiger partial charge on any atom is 0.0766 e. The van der Waals surface area contributed by atoms with Crippen LogP contribution >= 0.6 is 35.7 Å². The first-order valence-electron chi connectivity index (χ1n) is 7.04. The standard InChI is InChI=1S/C9H11NS.C9H7N.HI/c1-7-10(2)8-5-3-4-6-9(8)11-7;1-2-6-9-8(4-1)5-3-7-10-9;/h3-7H,1-2H3;1-7H;1H. The van der Waals surface area contributed by atoms with Gasteiger partial charge in [-0.15, -0.1) is 24.0 Å². The average molecular weight is 422 g/mol. The van der Waals surface area contributed by atoms with Crippen molar-refractivity contribution in [2.24, 2.45) is 0 Å².